The van der Waals surface area contributed by atoms with Gasteiger partial charge in [-0.3, -0.25) is 9.55 Å². The summed E-state index contributed by atoms with van der Waals surface area (Å²) in [5.41, 5.74) is 1.25. The summed E-state index contributed by atoms with van der Waals surface area (Å²) in [6.45, 7) is 0. The van der Waals surface area contributed by atoms with Crippen LogP contribution >= 0.6 is 0 Å². The molecule has 0 bridgehead atoms. The van der Waals surface area contributed by atoms with Gasteiger partial charge in [0.15, 0.2) is 5.82 Å². The van der Waals surface area contributed by atoms with Gasteiger partial charge in [-0.1, -0.05) is 12.1 Å². The zero-order chi connectivity index (χ0) is 23.6. The first-order valence-electron chi connectivity index (χ1n) is 10.6. The Kier molecular flexibility index (Phi) is 4.41. The number of hydrogen-bond donors (Lipinski definition) is 1. The monoisotopic (exact) mass is 460 g/mol. The molecule has 0 spiro atoms. The van der Waals surface area contributed by atoms with Crippen LogP contribution in [0.1, 0.15) is 34.9 Å². The fourth-order valence-corrected chi connectivity index (χ4v) is 4.34. The molecular formula is C25H15F3N4O2. The number of fused-ring (bicyclic) bond motifs is 2. The normalized spacial score (nSPS) is 13.6. The quantitative estimate of drug-likeness (QED) is 0.352. The summed E-state index contributed by atoms with van der Waals surface area (Å²) in [4.78, 5) is 24.3. The average Bonchev–Trinajstić information content (AvgIpc) is 3.60. The van der Waals surface area contributed by atoms with Gasteiger partial charge in [0, 0.05) is 29.3 Å². The summed E-state index contributed by atoms with van der Waals surface area (Å²) in [6, 6.07) is 10.4. The van der Waals surface area contributed by atoms with E-state index in [9.17, 15) is 23.1 Å². The third-order valence-corrected chi connectivity index (χ3v) is 6.06. The van der Waals surface area contributed by atoms with Crippen molar-refractivity contribution in [3.05, 3.63) is 83.8 Å². The molecule has 6 rings (SSSR count). The lowest BCUT2D eigenvalue weighted by molar-refractivity contribution is 0.0699. The standard InChI is InChI=1S/C25H15F3N4O2/c26-17-3-1-2-15-18(7-9-29-21(15)17)32-19-11-13(14-6-8-30-23(28)20(14)27)10-16(25(33)34)22(19)31-24(32)12-4-5-12/h1-3,6-12H,4-5H2,(H,33,34). The van der Waals surface area contributed by atoms with Crippen LogP contribution in [0, 0.1) is 17.6 Å². The highest BCUT2D eigenvalue weighted by Gasteiger charge is 2.32. The van der Waals surface area contributed by atoms with Crippen molar-refractivity contribution in [2.75, 3.05) is 0 Å². The largest absolute Gasteiger partial charge is 0.478 e. The second kappa shape index (κ2) is 7.38. The molecule has 3 aromatic heterocycles. The van der Waals surface area contributed by atoms with E-state index < -0.39 is 23.6 Å². The number of halogens is 3. The highest BCUT2D eigenvalue weighted by molar-refractivity contribution is 6.04. The molecule has 0 unspecified atom stereocenters. The smallest absolute Gasteiger partial charge is 0.337 e. The third-order valence-electron chi connectivity index (χ3n) is 6.06. The van der Waals surface area contributed by atoms with Gasteiger partial charge in [0.2, 0.25) is 5.95 Å². The maximum atomic E-state index is 14.6. The van der Waals surface area contributed by atoms with E-state index in [2.05, 4.69) is 15.0 Å². The second-order valence-corrected chi connectivity index (χ2v) is 8.21. The molecule has 5 aromatic rings. The minimum absolute atomic E-state index is 0.101. The van der Waals surface area contributed by atoms with Crippen molar-refractivity contribution < 1.29 is 23.1 Å². The predicted molar refractivity (Wildman–Crippen MR) is 118 cm³/mol. The van der Waals surface area contributed by atoms with E-state index in [-0.39, 0.29) is 33.6 Å². The van der Waals surface area contributed by atoms with E-state index in [1.807, 2.05) is 0 Å². The van der Waals surface area contributed by atoms with Crippen molar-refractivity contribution in [3.8, 4) is 16.8 Å². The minimum atomic E-state index is -1.28. The molecule has 1 saturated carbocycles. The second-order valence-electron chi connectivity index (χ2n) is 8.21. The summed E-state index contributed by atoms with van der Waals surface area (Å²) >= 11 is 0. The lowest BCUT2D eigenvalue weighted by Gasteiger charge is -2.13. The van der Waals surface area contributed by atoms with Gasteiger partial charge < -0.3 is 5.11 Å². The van der Waals surface area contributed by atoms with E-state index in [1.165, 1.54) is 24.4 Å². The molecule has 1 aliphatic carbocycles. The molecule has 2 aromatic carbocycles. The van der Waals surface area contributed by atoms with Crippen LogP contribution in [0.4, 0.5) is 13.2 Å². The van der Waals surface area contributed by atoms with Gasteiger partial charge in [-0.25, -0.2) is 23.5 Å². The lowest BCUT2D eigenvalue weighted by atomic mass is 10.0. The number of nitrogens with zero attached hydrogens (tertiary/aromatic N) is 4. The Morgan fingerprint density at radius 1 is 1.00 bits per heavy atom. The fraction of sp³-hybridized carbons (Fsp3) is 0.120. The van der Waals surface area contributed by atoms with Gasteiger partial charge in [0.05, 0.1) is 16.8 Å². The molecule has 1 N–H and O–H groups in total. The van der Waals surface area contributed by atoms with Crippen LogP contribution in [0.3, 0.4) is 0 Å². The van der Waals surface area contributed by atoms with Crippen LogP contribution in [0.15, 0.2) is 54.9 Å². The predicted octanol–water partition coefficient (Wildman–Crippen LogP) is 5.63. The summed E-state index contributed by atoms with van der Waals surface area (Å²) in [5, 5.41) is 10.4. The number of carboxylic acids is 1. The van der Waals surface area contributed by atoms with Crippen LogP contribution in [-0.4, -0.2) is 30.6 Å². The molecule has 1 fully saturated rings. The van der Waals surface area contributed by atoms with Gasteiger partial charge in [-0.15, -0.1) is 0 Å². The Hall–Kier alpha value is -4.27. The van der Waals surface area contributed by atoms with Gasteiger partial charge in [0.25, 0.3) is 0 Å². The number of aromatic nitrogens is 4. The van der Waals surface area contributed by atoms with E-state index >= 15 is 0 Å². The molecule has 34 heavy (non-hydrogen) atoms. The van der Waals surface area contributed by atoms with Crippen molar-refractivity contribution in [1.82, 2.24) is 19.5 Å². The van der Waals surface area contributed by atoms with Crippen molar-refractivity contribution in [3.63, 3.8) is 0 Å². The van der Waals surface area contributed by atoms with Crippen molar-refractivity contribution >= 4 is 27.9 Å². The first-order chi connectivity index (χ1) is 16.4. The number of rotatable bonds is 4. The summed E-state index contributed by atoms with van der Waals surface area (Å²) < 4.78 is 44.7. The number of pyridine rings is 2. The number of hydrogen-bond acceptors (Lipinski definition) is 4. The Balaban J connectivity index is 1.74. The number of para-hydroxylation sites is 1. The van der Waals surface area contributed by atoms with Gasteiger partial charge in [0.1, 0.15) is 22.7 Å². The van der Waals surface area contributed by atoms with Crippen LogP contribution in [0.25, 0.3) is 38.8 Å². The number of carbonyl (C=O) groups is 1. The number of carboxylic acid groups (broad SMARTS) is 1. The topological polar surface area (TPSA) is 80.9 Å². The van der Waals surface area contributed by atoms with E-state index in [1.54, 1.807) is 28.8 Å². The summed E-state index contributed by atoms with van der Waals surface area (Å²) in [6.07, 6.45) is 4.34. The summed E-state index contributed by atoms with van der Waals surface area (Å²) in [7, 11) is 0. The van der Waals surface area contributed by atoms with Crippen molar-refractivity contribution in [2.24, 2.45) is 0 Å². The van der Waals surface area contributed by atoms with Gasteiger partial charge in [-0.2, -0.15) is 4.39 Å². The van der Waals surface area contributed by atoms with Crippen LogP contribution < -0.4 is 0 Å². The molecule has 0 amide bonds. The van der Waals surface area contributed by atoms with Crippen LogP contribution in [0.2, 0.25) is 0 Å². The highest BCUT2D eigenvalue weighted by Crippen LogP contribution is 2.43. The molecule has 0 atom stereocenters. The summed E-state index contributed by atoms with van der Waals surface area (Å²) in [5.74, 6) is -3.46. The molecule has 0 saturated heterocycles. The minimum Gasteiger partial charge on any atom is -0.478 e. The maximum Gasteiger partial charge on any atom is 0.337 e. The Bertz CT molecular complexity index is 1640. The third kappa shape index (κ3) is 3.04. The molecule has 0 radical (unpaired) electrons. The maximum absolute atomic E-state index is 14.6. The van der Waals surface area contributed by atoms with E-state index in [0.717, 1.165) is 19.0 Å². The Labute approximate surface area is 190 Å². The SMILES string of the molecule is O=C(O)c1cc(-c2ccnc(F)c2F)cc2c1nc(C1CC1)n2-c1ccnc2c(F)cccc12. The molecule has 0 aliphatic heterocycles. The van der Waals surface area contributed by atoms with E-state index in [0.29, 0.717) is 22.4 Å². The Morgan fingerprint density at radius 3 is 2.56 bits per heavy atom. The van der Waals surface area contributed by atoms with Gasteiger partial charge in [-0.05, 0) is 48.7 Å². The van der Waals surface area contributed by atoms with Crippen molar-refractivity contribution in [1.29, 1.82) is 0 Å². The average molecular weight is 460 g/mol. The molecular weight excluding hydrogens is 445 g/mol. The lowest BCUT2D eigenvalue weighted by Crippen LogP contribution is -2.03. The molecule has 3 heterocycles. The zero-order valence-electron chi connectivity index (χ0n) is 17.5. The fourth-order valence-electron chi connectivity index (χ4n) is 4.34. The van der Waals surface area contributed by atoms with Crippen LogP contribution in [-0.2, 0) is 0 Å². The molecule has 168 valence electrons. The van der Waals surface area contributed by atoms with Crippen LogP contribution in [0.5, 0.6) is 0 Å². The zero-order valence-corrected chi connectivity index (χ0v) is 17.5. The molecule has 1 aliphatic rings. The number of benzene rings is 2. The van der Waals surface area contributed by atoms with Gasteiger partial charge >= 0.3 is 5.97 Å². The van der Waals surface area contributed by atoms with Crippen molar-refractivity contribution in [2.45, 2.75) is 18.8 Å². The highest BCUT2D eigenvalue weighted by atomic mass is 19.2. The first kappa shape index (κ1) is 20.3. The van der Waals surface area contributed by atoms with E-state index in [4.69, 9.17) is 0 Å². The Morgan fingerprint density at radius 2 is 1.79 bits per heavy atom. The molecule has 9 heteroatoms. The first-order valence-corrected chi connectivity index (χ1v) is 10.6. The number of imidazole rings is 1. The number of aromatic carboxylic acids is 1. The molecule has 6 nitrogen and oxygen atoms in total.